The third-order valence-corrected chi connectivity index (χ3v) is 5.67. The van der Waals surface area contributed by atoms with E-state index in [4.69, 9.17) is 4.74 Å². The standard InChI is InChI=1S/C22H26N2O3S/c1-17(25)23-21(22(26)24-14-6-3-7-15-24)16-28-20-12-10-19(11-13-20)27-18-8-4-2-5-9-18/h2,4-5,8-13,21H,3,6-7,14-16H2,1H3,(H,23,25). The van der Waals surface area contributed by atoms with E-state index < -0.39 is 6.04 Å². The van der Waals surface area contributed by atoms with Crippen LogP contribution in [-0.2, 0) is 9.59 Å². The molecule has 148 valence electrons. The first kappa shape index (κ1) is 20.3. The van der Waals surface area contributed by atoms with Crippen molar-refractivity contribution in [3.63, 3.8) is 0 Å². The van der Waals surface area contributed by atoms with Crippen molar-refractivity contribution in [1.29, 1.82) is 0 Å². The van der Waals surface area contributed by atoms with Gasteiger partial charge in [-0.2, -0.15) is 0 Å². The van der Waals surface area contributed by atoms with Gasteiger partial charge in [-0.05, 0) is 55.7 Å². The van der Waals surface area contributed by atoms with Crippen molar-refractivity contribution in [1.82, 2.24) is 10.2 Å². The number of thioether (sulfide) groups is 1. The Morgan fingerprint density at radius 1 is 1.00 bits per heavy atom. The molecule has 0 bridgehead atoms. The number of piperidine rings is 1. The second kappa shape index (κ2) is 10.2. The van der Waals surface area contributed by atoms with Crippen LogP contribution in [0.2, 0.25) is 0 Å². The number of ether oxygens (including phenoxy) is 1. The highest BCUT2D eigenvalue weighted by atomic mass is 32.2. The molecule has 0 aromatic heterocycles. The van der Waals surface area contributed by atoms with Crippen LogP contribution in [0.25, 0.3) is 0 Å². The SMILES string of the molecule is CC(=O)NC(CSc1ccc(Oc2ccccc2)cc1)C(=O)N1CCCCC1. The van der Waals surface area contributed by atoms with Gasteiger partial charge in [0.2, 0.25) is 11.8 Å². The van der Waals surface area contributed by atoms with Gasteiger partial charge in [-0.1, -0.05) is 18.2 Å². The third kappa shape index (κ3) is 6.02. The number of nitrogens with one attached hydrogen (secondary N) is 1. The van der Waals surface area contributed by atoms with Crippen molar-refractivity contribution in [3.8, 4) is 11.5 Å². The lowest BCUT2D eigenvalue weighted by molar-refractivity contribution is -0.136. The van der Waals surface area contributed by atoms with E-state index >= 15 is 0 Å². The predicted octanol–water partition coefficient (Wildman–Crippen LogP) is 4.09. The number of benzene rings is 2. The highest BCUT2D eigenvalue weighted by molar-refractivity contribution is 7.99. The summed E-state index contributed by atoms with van der Waals surface area (Å²) in [4.78, 5) is 27.3. The van der Waals surface area contributed by atoms with E-state index in [2.05, 4.69) is 5.32 Å². The van der Waals surface area contributed by atoms with E-state index in [9.17, 15) is 9.59 Å². The molecular formula is C22H26N2O3S. The van der Waals surface area contributed by atoms with Gasteiger partial charge in [0, 0.05) is 30.7 Å². The van der Waals surface area contributed by atoms with Gasteiger partial charge in [-0.25, -0.2) is 0 Å². The molecule has 28 heavy (non-hydrogen) atoms. The Kier molecular flexibility index (Phi) is 7.37. The van der Waals surface area contributed by atoms with Crippen molar-refractivity contribution < 1.29 is 14.3 Å². The number of hydrogen-bond acceptors (Lipinski definition) is 4. The Hall–Kier alpha value is -2.47. The first-order valence-corrected chi connectivity index (χ1v) is 10.6. The van der Waals surface area contributed by atoms with Gasteiger partial charge in [0.15, 0.2) is 0 Å². The molecule has 1 unspecified atom stereocenters. The third-order valence-electron chi connectivity index (χ3n) is 4.56. The molecule has 6 heteroatoms. The van der Waals surface area contributed by atoms with Crippen molar-refractivity contribution >= 4 is 23.6 Å². The molecule has 3 rings (SSSR count). The Morgan fingerprint density at radius 2 is 1.64 bits per heavy atom. The summed E-state index contributed by atoms with van der Waals surface area (Å²) in [6, 6.07) is 16.9. The monoisotopic (exact) mass is 398 g/mol. The predicted molar refractivity (Wildman–Crippen MR) is 112 cm³/mol. The van der Waals surface area contributed by atoms with Crippen LogP contribution in [0.3, 0.4) is 0 Å². The number of hydrogen-bond donors (Lipinski definition) is 1. The lowest BCUT2D eigenvalue weighted by Crippen LogP contribution is -2.50. The van der Waals surface area contributed by atoms with Gasteiger partial charge < -0.3 is 15.0 Å². The molecule has 0 spiro atoms. The summed E-state index contributed by atoms with van der Waals surface area (Å²) >= 11 is 1.56. The summed E-state index contributed by atoms with van der Waals surface area (Å²) < 4.78 is 5.80. The zero-order chi connectivity index (χ0) is 19.8. The molecular weight excluding hydrogens is 372 g/mol. The topological polar surface area (TPSA) is 58.6 Å². The van der Waals surface area contributed by atoms with Crippen molar-refractivity contribution in [2.75, 3.05) is 18.8 Å². The van der Waals surface area contributed by atoms with Crippen LogP contribution in [0.1, 0.15) is 26.2 Å². The van der Waals surface area contributed by atoms with Crippen LogP contribution in [0, 0.1) is 0 Å². The fraction of sp³-hybridized carbons (Fsp3) is 0.364. The smallest absolute Gasteiger partial charge is 0.246 e. The van der Waals surface area contributed by atoms with Crippen LogP contribution < -0.4 is 10.1 Å². The van der Waals surface area contributed by atoms with E-state index in [1.54, 1.807) is 11.8 Å². The summed E-state index contributed by atoms with van der Waals surface area (Å²) in [6.45, 7) is 3.02. The van der Waals surface area contributed by atoms with Gasteiger partial charge in [-0.3, -0.25) is 9.59 Å². The van der Waals surface area contributed by atoms with Gasteiger partial charge in [0.05, 0.1) is 0 Å². The summed E-state index contributed by atoms with van der Waals surface area (Å²) in [5.41, 5.74) is 0. The molecule has 0 aliphatic carbocycles. The molecule has 2 amide bonds. The van der Waals surface area contributed by atoms with E-state index in [0.717, 1.165) is 42.3 Å². The zero-order valence-electron chi connectivity index (χ0n) is 16.1. The lowest BCUT2D eigenvalue weighted by Gasteiger charge is -2.30. The van der Waals surface area contributed by atoms with E-state index in [-0.39, 0.29) is 11.8 Å². The second-order valence-corrected chi connectivity index (χ2v) is 7.93. The molecule has 1 N–H and O–H groups in total. The van der Waals surface area contributed by atoms with Gasteiger partial charge in [-0.15, -0.1) is 11.8 Å². The van der Waals surface area contributed by atoms with Crippen LogP contribution in [-0.4, -0.2) is 41.6 Å². The first-order chi connectivity index (χ1) is 13.6. The van der Waals surface area contributed by atoms with Gasteiger partial charge >= 0.3 is 0 Å². The minimum Gasteiger partial charge on any atom is -0.457 e. The maximum atomic E-state index is 12.8. The normalized spacial score (nSPS) is 15.0. The average molecular weight is 399 g/mol. The van der Waals surface area contributed by atoms with E-state index in [1.165, 1.54) is 13.3 Å². The Labute approximate surface area is 170 Å². The minimum atomic E-state index is -0.499. The van der Waals surface area contributed by atoms with Crippen molar-refractivity contribution in [2.45, 2.75) is 37.1 Å². The number of likely N-dealkylation sites (tertiary alicyclic amines) is 1. The summed E-state index contributed by atoms with van der Waals surface area (Å²) in [5, 5.41) is 2.82. The van der Waals surface area contributed by atoms with Crippen molar-refractivity contribution in [2.24, 2.45) is 0 Å². The molecule has 2 aromatic carbocycles. The average Bonchev–Trinajstić information content (AvgIpc) is 2.73. The fourth-order valence-electron chi connectivity index (χ4n) is 3.16. The van der Waals surface area contributed by atoms with Crippen molar-refractivity contribution in [3.05, 3.63) is 54.6 Å². The van der Waals surface area contributed by atoms with E-state index in [1.807, 2.05) is 59.5 Å². The number of carbonyl (C=O) groups excluding carboxylic acids is 2. The summed E-state index contributed by atoms with van der Waals surface area (Å²) in [5.74, 6) is 1.90. The maximum absolute atomic E-state index is 12.8. The lowest BCUT2D eigenvalue weighted by atomic mass is 10.1. The van der Waals surface area contributed by atoms with Gasteiger partial charge in [0.25, 0.3) is 0 Å². The summed E-state index contributed by atoms with van der Waals surface area (Å²) in [7, 11) is 0. The molecule has 1 saturated heterocycles. The van der Waals surface area contributed by atoms with Gasteiger partial charge in [0.1, 0.15) is 17.5 Å². The molecule has 1 fully saturated rings. The van der Waals surface area contributed by atoms with E-state index in [0.29, 0.717) is 5.75 Å². The molecule has 1 aliphatic heterocycles. The number of carbonyl (C=O) groups is 2. The zero-order valence-corrected chi connectivity index (χ0v) is 16.9. The Bertz CT molecular complexity index is 774. The quantitative estimate of drug-likeness (QED) is 0.714. The number of amides is 2. The number of rotatable bonds is 7. The minimum absolute atomic E-state index is 0.0198. The largest absolute Gasteiger partial charge is 0.457 e. The molecule has 2 aromatic rings. The fourth-order valence-corrected chi connectivity index (χ4v) is 4.08. The number of nitrogens with zero attached hydrogens (tertiary/aromatic N) is 1. The highest BCUT2D eigenvalue weighted by Gasteiger charge is 2.26. The second-order valence-electron chi connectivity index (χ2n) is 6.84. The molecule has 5 nitrogen and oxygen atoms in total. The molecule has 1 atom stereocenters. The van der Waals surface area contributed by atoms with Crippen LogP contribution in [0.5, 0.6) is 11.5 Å². The summed E-state index contributed by atoms with van der Waals surface area (Å²) in [6.07, 6.45) is 3.24. The molecule has 0 radical (unpaired) electrons. The molecule has 1 aliphatic rings. The number of para-hydroxylation sites is 1. The molecule has 1 heterocycles. The maximum Gasteiger partial charge on any atom is 0.246 e. The first-order valence-electron chi connectivity index (χ1n) is 9.63. The highest BCUT2D eigenvalue weighted by Crippen LogP contribution is 2.26. The molecule has 0 saturated carbocycles. The Morgan fingerprint density at radius 3 is 2.29 bits per heavy atom. The van der Waals surface area contributed by atoms with Crippen LogP contribution in [0.4, 0.5) is 0 Å². The Balaban J connectivity index is 1.57. The van der Waals surface area contributed by atoms with Crippen LogP contribution >= 0.6 is 11.8 Å². The van der Waals surface area contributed by atoms with Crippen LogP contribution in [0.15, 0.2) is 59.5 Å².